The highest BCUT2D eigenvalue weighted by atomic mass is 15.1. The number of aryl methyl sites for hydroxylation is 2. The lowest BCUT2D eigenvalue weighted by Crippen LogP contribution is -2.28. The number of nitrogens with zero attached hydrogens (tertiary/aromatic N) is 1. The standard InChI is InChI=1S/C22H27N/c1-3-18-14-19(4-2)16-22(15-18)21-10-12-23(13-11-21)17-20-8-6-5-7-9-20/h5-10,14-16H,3-4,11-13,17H2,1-2H3. The molecular formula is C22H27N. The molecule has 0 unspecified atom stereocenters. The van der Waals surface area contributed by atoms with Crippen LogP contribution < -0.4 is 0 Å². The normalized spacial score (nSPS) is 15.5. The molecule has 0 radical (unpaired) electrons. The van der Waals surface area contributed by atoms with Crippen LogP contribution in [0.4, 0.5) is 0 Å². The van der Waals surface area contributed by atoms with Gasteiger partial charge in [0.25, 0.3) is 0 Å². The first-order chi connectivity index (χ1) is 11.3. The number of benzene rings is 2. The molecule has 1 nitrogen and oxygen atoms in total. The van der Waals surface area contributed by atoms with E-state index in [1.54, 1.807) is 0 Å². The third-order valence-corrected chi connectivity index (χ3v) is 4.78. The monoisotopic (exact) mass is 305 g/mol. The van der Waals surface area contributed by atoms with E-state index in [0.29, 0.717) is 0 Å². The van der Waals surface area contributed by atoms with Crippen molar-refractivity contribution in [3.63, 3.8) is 0 Å². The zero-order chi connectivity index (χ0) is 16.1. The molecule has 1 aliphatic rings. The molecule has 0 amide bonds. The topological polar surface area (TPSA) is 3.24 Å². The van der Waals surface area contributed by atoms with Crippen molar-refractivity contribution in [1.82, 2.24) is 4.90 Å². The predicted molar refractivity (Wildman–Crippen MR) is 99.5 cm³/mol. The molecule has 0 atom stereocenters. The Kier molecular flexibility index (Phi) is 5.30. The zero-order valence-corrected chi connectivity index (χ0v) is 14.4. The van der Waals surface area contributed by atoms with Gasteiger partial charge in [-0.15, -0.1) is 0 Å². The lowest BCUT2D eigenvalue weighted by atomic mass is 9.94. The quantitative estimate of drug-likeness (QED) is 0.743. The van der Waals surface area contributed by atoms with Crippen molar-refractivity contribution < 1.29 is 0 Å². The van der Waals surface area contributed by atoms with Gasteiger partial charge in [0.15, 0.2) is 0 Å². The molecule has 0 aromatic heterocycles. The van der Waals surface area contributed by atoms with Crippen molar-refractivity contribution in [1.29, 1.82) is 0 Å². The first-order valence-corrected chi connectivity index (χ1v) is 8.87. The Balaban J connectivity index is 1.71. The Morgan fingerprint density at radius 2 is 1.57 bits per heavy atom. The summed E-state index contributed by atoms with van der Waals surface area (Å²) in [7, 11) is 0. The van der Waals surface area contributed by atoms with E-state index < -0.39 is 0 Å². The van der Waals surface area contributed by atoms with E-state index >= 15 is 0 Å². The first-order valence-electron chi connectivity index (χ1n) is 8.87. The summed E-state index contributed by atoms with van der Waals surface area (Å²) >= 11 is 0. The molecule has 0 fully saturated rings. The van der Waals surface area contributed by atoms with Crippen LogP contribution in [0.5, 0.6) is 0 Å². The molecule has 2 aromatic rings. The van der Waals surface area contributed by atoms with Crippen molar-refractivity contribution in [2.45, 2.75) is 39.7 Å². The van der Waals surface area contributed by atoms with Crippen molar-refractivity contribution in [2.24, 2.45) is 0 Å². The maximum Gasteiger partial charge on any atom is 0.0237 e. The van der Waals surface area contributed by atoms with E-state index in [0.717, 1.165) is 38.9 Å². The van der Waals surface area contributed by atoms with Gasteiger partial charge in [-0.3, -0.25) is 4.90 Å². The van der Waals surface area contributed by atoms with Crippen LogP contribution in [0.1, 0.15) is 42.5 Å². The Morgan fingerprint density at radius 3 is 2.13 bits per heavy atom. The summed E-state index contributed by atoms with van der Waals surface area (Å²) < 4.78 is 0. The molecule has 3 rings (SSSR count). The fourth-order valence-electron chi connectivity index (χ4n) is 3.31. The highest BCUT2D eigenvalue weighted by Gasteiger charge is 2.14. The van der Waals surface area contributed by atoms with Crippen LogP contribution in [0.25, 0.3) is 5.57 Å². The third kappa shape index (κ3) is 4.11. The fraction of sp³-hybridized carbons (Fsp3) is 0.364. The van der Waals surface area contributed by atoms with Gasteiger partial charge >= 0.3 is 0 Å². The van der Waals surface area contributed by atoms with E-state index in [1.165, 1.54) is 27.8 Å². The first kappa shape index (κ1) is 16.0. The average molecular weight is 305 g/mol. The highest BCUT2D eigenvalue weighted by molar-refractivity contribution is 5.67. The second kappa shape index (κ2) is 7.61. The minimum absolute atomic E-state index is 1.06. The van der Waals surface area contributed by atoms with Gasteiger partial charge in [-0.05, 0) is 47.1 Å². The molecule has 2 aromatic carbocycles. The van der Waals surface area contributed by atoms with E-state index in [2.05, 4.69) is 73.4 Å². The van der Waals surface area contributed by atoms with Crippen LogP contribution in [0.15, 0.2) is 54.6 Å². The summed E-state index contributed by atoms with van der Waals surface area (Å²) in [5.74, 6) is 0. The Labute approximate surface area is 140 Å². The van der Waals surface area contributed by atoms with Gasteiger partial charge < -0.3 is 0 Å². The molecule has 0 aliphatic carbocycles. The number of hydrogen-bond acceptors (Lipinski definition) is 1. The fourth-order valence-corrected chi connectivity index (χ4v) is 3.31. The molecule has 0 saturated heterocycles. The summed E-state index contributed by atoms with van der Waals surface area (Å²) in [6.07, 6.45) is 5.83. The molecule has 0 N–H and O–H groups in total. The van der Waals surface area contributed by atoms with Crippen molar-refractivity contribution in [3.05, 3.63) is 76.9 Å². The van der Waals surface area contributed by atoms with Gasteiger partial charge in [0.05, 0.1) is 0 Å². The summed E-state index contributed by atoms with van der Waals surface area (Å²) in [6.45, 7) is 7.76. The highest BCUT2D eigenvalue weighted by Crippen LogP contribution is 2.25. The van der Waals surface area contributed by atoms with Crippen molar-refractivity contribution in [3.8, 4) is 0 Å². The van der Waals surface area contributed by atoms with Crippen LogP contribution in [0.3, 0.4) is 0 Å². The van der Waals surface area contributed by atoms with Crippen LogP contribution in [-0.2, 0) is 19.4 Å². The molecule has 23 heavy (non-hydrogen) atoms. The average Bonchev–Trinajstić information content (AvgIpc) is 2.62. The molecule has 120 valence electrons. The van der Waals surface area contributed by atoms with Crippen LogP contribution in [0.2, 0.25) is 0 Å². The number of hydrogen-bond donors (Lipinski definition) is 0. The van der Waals surface area contributed by atoms with Crippen LogP contribution in [0, 0.1) is 0 Å². The van der Waals surface area contributed by atoms with E-state index in [4.69, 9.17) is 0 Å². The Bertz CT molecular complexity index is 647. The van der Waals surface area contributed by atoms with Crippen molar-refractivity contribution in [2.75, 3.05) is 13.1 Å². The van der Waals surface area contributed by atoms with Crippen LogP contribution >= 0.6 is 0 Å². The minimum Gasteiger partial charge on any atom is -0.295 e. The zero-order valence-electron chi connectivity index (χ0n) is 14.4. The van der Waals surface area contributed by atoms with E-state index in [-0.39, 0.29) is 0 Å². The molecular weight excluding hydrogens is 278 g/mol. The minimum atomic E-state index is 1.06. The SMILES string of the molecule is CCc1cc(CC)cc(C2=CCN(Cc3ccccc3)CC2)c1. The second-order valence-corrected chi connectivity index (χ2v) is 6.45. The lowest BCUT2D eigenvalue weighted by molar-refractivity contribution is 0.294. The maximum atomic E-state index is 2.53. The Hall–Kier alpha value is -1.86. The number of rotatable bonds is 5. The molecule has 0 spiro atoms. The smallest absolute Gasteiger partial charge is 0.0237 e. The molecule has 0 bridgehead atoms. The summed E-state index contributed by atoms with van der Waals surface area (Å²) in [4.78, 5) is 2.53. The van der Waals surface area contributed by atoms with Crippen molar-refractivity contribution >= 4 is 5.57 Å². The van der Waals surface area contributed by atoms with Crippen LogP contribution in [-0.4, -0.2) is 18.0 Å². The van der Waals surface area contributed by atoms with E-state index in [1.807, 2.05) is 0 Å². The van der Waals surface area contributed by atoms with Gasteiger partial charge in [0.2, 0.25) is 0 Å². The lowest BCUT2D eigenvalue weighted by Gasteiger charge is -2.27. The molecule has 0 saturated carbocycles. The third-order valence-electron chi connectivity index (χ3n) is 4.78. The maximum absolute atomic E-state index is 2.53. The summed E-state index contributed by atoms with van der Waals surface area (Å²) in [6, 6.07) is 17.9. The molecule has 1 aliphatic heterocycles. The Morgan fingerprint density at radius 1 is 0.870 bits per heavy atom. The second-order valence-electron chi connectivity index (χ2n) is 6.45. The van der Waals surface area contributed by atoms with Gasteiger partial charge in [-0.25, -0.2) is 0 Å². The molecule has 1 heterocycles. The van der Waals surface area contributed by atoms with Gasteiger partial charge in [-0.1, -0.05) is 68.5 Å². The van der Waals surface area contributed by atoms with Gasteiger partial charge in [0.1, 0.15) is 0 Å². The predicted octanol–water partition coefficient (Wildman–Crippen LogP) is 5.10. The molecule has 1 heteroatoms. The summed E-state index contributed by atoms with van der Waals surface area (Å²) in [5.41, 5.74) is 7.31. The van der Waals surface area contributed by atoms with E-state index in [9.17, 15) is 0 Å². The largest absolute Gasteiger partial charge is 0.295 e. The van der Waals surface area contributed by atoms with Gasteiger partial charge in [0, 0.05) is 19.6 Å². The van der Waals surface area contributed by atoms with Gasteiger partial charge in [-0.2, -0.15) is 0 Å². The summed E-state index contributed by atoms with van der Waals surface area (Å²) in [5, 5.41) is 0.